The number of rotatable bonds is 5. The van der Waals surface area contributed by atoms with Crippen molar-refractivity contribution < 1.29 is 18.7 Å². The Kier molecular flexibility index (Phi) is 6.34. The molecular weight excluding hydrogens is 517 g/mol. The van der Waals surface area contributed by atoms with Gasteiger partial charge in [0.15, 0.2) is 0 Å². The molecule has 10 heteroatoms. The van der Waals surface area contributed by atoms with E-state index >= 15 is 4.39 Å². The molecule has 198 valence electrons. The molecule has 6 rings (SSSR count). The van der Waals surface area contributed by atoms with Crippen molar-refractivity contribution in [2.45, 2.75) is 32.6 Å². The van der Waals surface area contributed by atoms with Crippen LogP contribution >= 0.6 is 11.5 Å². The van der Waals surface area contributed by atoms with Gasteiger partial charge in [-0.1, -0.05) is 44.2 Å². The number of amides is 2. The van der Waals surface area contributed by atoms with Gasteiger partial charge in [0.05, 0.1) is 16.7 Å². The summed E-state index contributed by atoms with van der Waals surface area (Å²) >= 11 is 1.11. The fourth-order valence-electron chi connectivity index (χ4n) is 5.33. The molecule has 2 aromatic heterocycles. The van der Waals surface area contributed by atoms with Crippen LogP contribution in [0, 0.1) is 11.2 Å². The summed E-state index contributed by atoms with van der Waals surface area (Å²) in [5.41, 5.74) is 1.80. The van der Waals surface area contributed by atoms with Crippen LogP contribution in [0.4, 0.5) is 9.52 Å². The lowest BCUT2D eigenvalue weighted by atomic mass is 9.69. The van der Waals surface area contributed by atoms with Crippen LogP contribution in [0.2, 0.25) is 0 Å². The number of aromatic nitrogens is 3. The van der Waals surface area contributed by atoms with Crippen molar-refractivity contribution in [1.82, 2.24) is 19.2 Å². The summed E-state index contributed by atoms with van der Waals surface area (Å²) in [6, 6.07) is 15.8. The first kappa shape index (κ1) is 25.1. The Morgan fingerprint density at radius 3 is 2.62 bits per heavy atom. The fourth-order valence-corrected chi connectivity index (χ4v) is 5.76. The second-order valence-electron chi connectivity index (χ2n) is 10.3. The molecule has 1 atom stereocenters. The minimum absolute atomic E-state index is 0.0621. The van der Waals surface area contributed by atoms with Crippen molar-refractivity contribution in [2.75, 3.05) is 18.4 Å². The normalized spacial score (nSPS) is 16.3. The first-order valence-corrected chi connectivity index (χ1v) is 13.6. The molecule has 8 nitrogen and oxygen atoms in total. The van der Waals surface area contributed by atoms with Gasteiger partial charge >= 0.3 is 0 Å². The van der Waals surface area contributed by atoms with E-state index in [1.807, 2.05) is 44.2 Å². The molecule has 2 amide bonds. The van der Waals surface area contributed by atoms with E-state index in [0.29, 0.717) is 41.1 Å². The van der Waals surface area contributed by atoms with E-state index < -0.39 is 11.2 Å². The van der Waals surface area contributed by atoms with E-state index in [1.165, 1.54) is 18.5 Å². The zero-order valence-corrected chi connectivity index (χ0v) is 22.3. The van der Waals surface area contributed by atoms with Gasteiger partial charge in [0, 0.05) is 47.2 Å². The maximum absolute atomic E-state index is 15.1. The minimum Gasteiger partial charge on any atom is -0.438 e. The Balaban J connectivity index is 1.35. The van der Waals surface area contributed by atoms with E-state index in [0.717, 1.165) is 35.5 Å². The first-order chi connectivity index (χ1) is 18.8. The van der Waals surface area contributed by atoms with Crippen LogP contribution in [0.5, 0.6) is 11.6 Å². The van der Waals surface area contributed by atoms with Crippen LogP contribution in [-0.2, 0) is 4.79 Å². The number of hydrogen-bond acceptors (Lipinski definition) is 7. The average molecular weight is 544 g/mol. The highest BCUT2D eigenvalue weighted by Gasteiger charge is 2.44. The Bertz CT molecular complexity index is 1570. The number of benzene rings is 2. The number of carbonyl (C=O) groups is 2. The molecule has 2 aliphatic rings. The van der Waals surface area contributed by atoms with E-state index in [4.69, 9.17) is 9.72 Å². The molecule has 2 aliphatic heterocycles. The number of halogens is 1. The molecule has 0 radical (unpaired) electrons. The van der Waals surface area contributed by atoms with Gasteiger partial charge < -0.3 is 15.0 Å². The molecule has 0 unspecified atom stereocenters. The van der Waals surface area contributed by atoms with Crippen LogP contribution in [0.1, 0.15) is 54.1 Å². The maximum atomic E-state index is 15.1. The molecule has 1 N–H and O–H groups in total. The third-order valence-corrected chi connectivity index (χ3v) is 7.99. The number of carbonyl (C=O) groups excluding carboxylic acids is 2. The van der Waals surface area contributed by atoms with Gasteiger partial charge in [0.1, 0.15) is 17.9 Å². The standard InChI is InChI=1S/C29H26FN5O3S/c1-29(2,27(37)34-28-31-16-32-39-28)24-19-7-3-4-8-23(19)38-25-20(24)11-12-22(33-25)17-9-10-18(21(30)15-17)26(36)35-13-5-6-14-35/h3-4,7-12,15-16,24H,5-6,13-14H2,1-2H3,(H,31,32,34,37)/t24-/m0/s1. The highest BCUT2D eigenvalue weighted by atomic mass is 32.1. The van der Waals surface area contributed by atoms with Crippen molar-refractivity contribution >= 4 is 28.5 Å². The SMILES string of the molecule is CC(C)(C(=O)Nc1ncns1)[C@H]1c2ccccc2Oc2nc(-c3ccc(C(=O)N4CCCC4)c(F)c3)ccc21. The first-order valence-electron chi connectivity index (χ1n) is 12.8. The van der Waals surface area contributed by atoms with Crippen LogP contribution in [-0.4, -0.2) is 44.1 Å². The third kappa shape index (κ3) is 4.54. The number of nitrogens with zero attached hydrogens (tertiary/aromatic N) is 4. The van der Waals surface area contributed by atoms with Gasteiger partial charge in [-0.15, -0.1) is 0 Å². The predicted octanol–water partition coefficient (Wildman–Crippen LogP) is 5.88. The lowest BCUT2D eigenvalue weighted by Crippen LogP contribution is -2.38. The van der Waals surface area contributed by atoms with Gasteiger partial charge in [0.2, 0.25) is 16.9 Å². The highest BCUT2D eigenvalue weighted by molar-refractivity contribution is 7.09. The number of pyridine rings is 1. The van der Waals surface area contributed by atoms with Crippen molar-refractivity contribution in [2.24, 2.45) is 5.41 Å². The topological polar surface area (TPSA) is 97.3 Å². The van der Waals surface area contributed by atoms with Crippen LogP contribution in [0.25, 0.3) is 11.3 Å². The number of likely N-dealkylation sites (tertiary alicyclic amines) is 1. The summed E-state index contributed by atoms with van der Waals surface area (Å²) in [5, 5.41) is 3.30. The Morgan fingerprint density at radius 1 is 1.08 bits per heavy atom. The molecular formula is C29H26FN5O3S. The van der Waals surface area contributed by atoms with E-state index in [9.17, 15) is 9.59 Å². The molecule has 0 saturated carbocycles. The van der Waals surface area contributed by atoms with Gasteiger partial charge in [-0.05, 0) is 37.1 Å². The summed E-state index contributed by atoms with van der Waals surface area (Å²) in [6.07, 6.45) is 3.28. The van der Waals surface area contributed by atoms with E-state index in [2.05, 4.69) is 14.7 Å². The lowest BCUT2D eigenvalue weighted by molar-refractivity contribution is -0.124. The molecule has 2 aromatic carbocycles. The van der Waals surface area contributed by atoms with Gasteiger partial charge in [-0.2, -0.15) is 4.37 Å². The van der Waals surface area contributed by atoms with Gasteiger partial charge in [0.25, 0.3) is 5.91 Å². The summed E-state index contributed by atoms with van der Waals surface area (Å²) in [6.45, 7) is 5.06. The Morgan fingerprint density at radius 2 is 1.87 bits per heavy atom. The fraction of sp³-hybridized carbons (Fsp3) is 0.276. The smallest absolute Gasteiger partial charge is 0.256 e. The average Bonchev–Trinajstić information content (AvgIpc) is 3.66. The largest absolute Gasteiger partial charge is 0.438 e. The quantitative estimate of drug-likeness (QED) is 0.338. The van der Waals surface area contributed by atoms with Crippen molar-refractivity contribution in [3.8, 4) is 22.9 Å². The Hall–Kier alpha value is -4.18. The van der Waals surface area contributed by atoms with Crippen LogP contribution < -0.4 is 10.1 Å². The van der Waals surface area contributed by atoms with Crippen molar-refractivity contribution in [3.05, 3.63) is 83.4 Å². The van der Waals surface area contributed by atoms with Gasteiger partial charge in [-0.25, -0.2) is 14.4 Å². The zero-order chi connectivity index (χ0) is 27.1. The molecule has 4 heterocycles. The molecule has 0 aliphatic carbocycles. The lowest BCUT2D eigenvalue weighted by Gasteiger charge is -2.37. The number of nitrogens with one attached hydrogen (secondary N) is 1. The summed E-state index contributed by atoms with van der Waals surface area (Å²) in [4.78, 5) is 36.7. The van der Waals surface area contributed by atoms with E-state index in [1.54, 1.807) is 17.0 Å². The molecule has 1 saturated heterocycles. The second kappa shape index (κ2) is 9.85. The number of fused-ring (bicyclic) bond motifs is 2. The monoisotopic (exact) mass is 543 g/mol. The Labute approximate surface area is 229 Å². The predicted molar refractivity (Wildman–Crippen MR) is 145 cm³/mol. The number of hydrogen-bond donors (Lipinski definition) is 1. The number of anilines is 1. The van der Waals surface area contributed by atoms with Crippen molar-refractivity contribution in [1.29, 1.82) is 0 Å². The number of para-hydroxylation sites is 1. The van der Waals surface area contributed by atoms with Gasteiger partial charge in [-0.3, -0.25) is 9.59 Å². The van der Waals surface area contributed by atoms with E-state index in [-0.39, 0.29) is 23.3 Å². The molecule has 39 heavy (non-hydrogen) atoms. The molecule has 0 spiro atoms. The number of ether oxygens (including phenoxy) is 1. The zero-order valence-electron chi connectivity index (χ0n) is 21.5. The molecule has 4 aromatic rings. The molecule has 1 fully saturated rings. The summed E-state index contributed by atoms with van der Waals surface area (Å²) in [7, 11) is 0. The second-order valence-corrected chi connectivity index (χ2v) is 11.1. The third-order valence-electron chi connectivity index (χ3n) is 7.41. The van der Waals surface area contributed by atoms with Crippen molar-refractivity contribution in [3.63, 3.8) is 0 Å². The van der Waals surface area contributed by atoms with Crippen LogP contribution in [0.3, 0.4) is 0 Å². The van der Waals surface area contributed by atoms with Crippen LogP contribution in [0.15, 0.2) is 60.9 Å². The highest BCUT2D eigenvalue weighted by Crippen LogP contribution is 2.52. The summed E-state index contributed by atoms with van der Waals surface area (Å²) < 4.78 is 25.2. The molecule has 0 bridgehead atoms. The summed E-state index contributed by atoms with van der Waals surface area (Å²) in [5.74, 6) is -0.491. The minimum atomic E-state index is -0.910. The maximum Gasteiger partial charge on any atom is 0.256 e.